The van der Waals surface area contributed by atoms with Gasteiger partial charge in [-0.1, -0.05) is 0 Å². The lowest BCUT2D eigenvalue weighted by atomic mass is 9.89. The first-order valence-corrected chi connectivity index (χ1v) is 6.44. The van der Waals surface area contributed by atoms with Gasteiger partial charge in [0.05, 0.1) is 5.56 Å². The third kappa shape index (κ3) is 3.27. The smallest absolute Gasteiger partial charge is 0.460 e. The summed E-state index contributed by atoms with van der Waals surface area (Å²) in [5.74, 6) is -46.6. The van der Waals surface area contributed by atoms with Crippen molar-refractivity contribution in [1.82, 2.24) is 0 Å². The van der Waals surface area contributed by atoms with Crippen LogP contribution in [0.5, 0.6) is 5.75 Å². The van der Waals surface area contributed by atoms with Crippen molar-refractivity contribution >= 4 is 0 Å². The number of benzene rings is 1. The maximum atomic E-state index is 13.8. The Hall–Kier alpha value is -2.17. The lowest BCUT2D eigenvalue weighted by Crippen LogP contribution is -2.65. The van der Waals surface area contributed by atoms with E-state index in [1.165, 1.54) is 0 Å². The molecule has 0 aliphatic heterocycles. The van der Waals surface area contributed by atoms with Crippen LogP contribution in [0, 0.1) is 17.5 Å². The van der Waals surface area contributed by atoms with E-state index in [0.717, 1.165) is 0 Å². The Balaban J connectivity index is 4.07. The standard InChI is InChI=1S/C12HF17O/c13-3-1(2(8(18,19)20)6(30)5(15)4(3)14)7(16,17)9(21,22)10(23,24)11(25,26)12(27,28)29/h30H. The SMILES string of the molecule is Oc1c(F)c(F)c(F)c(C(F)(F)C(F)(F)C(F)(F)C(F)(F)C(F)(F)F)c1C(F)(F)F. The highest BCUT2D eigenvalue weighted by Gasteiger charge is 2.88. The summed E-state index contributed by atoms with van der Waals surface area (Å²) in [7, 11) is 0. The summed E-state index contributed by atoms with van der Waals surface area (Å²) >= 11 is 0. The minimum atomic E-state index is -8.27. The lowest BCUT2D eigenvalue weighted by molar-refractivity contribution is -0.425. The summed E-state index contributed by atoms with van der Waals surface area (Å²) in [6.07, 6.45) is -14.4. The van der Waals surface area contributed by atoms with E-state index < -0.39 is 70.4 Å². The maximum absolute atomic E-state index is 13.8. The van der Waals surface area contributed by atoms with Crippen molar-refractivity contribution in [2.75, 3.05) is 0 Å². The van der Waals surface area contributed by atoms with Crippen LogP contribution in [0.15, 0.2) is 0 Å². The lowest BCUT2D eigenvalue weighted by Gasteiger charge is -2.38. The molecule has 1 rings (SSSR count). The Bertz CT molecular complexity index is 831. The van der Waals surface area contributed by atoms with Crippen LogP contribution in [0.2, 0.25) is 0 Å². The van der Waals surface area contributed by atoms with Crippen molar-refractivity contribution in [3.8, 4) is 5.75 Å². The van der Waals surface area contributed by atoms with Gasteiger partial charge in [0.2, 0.25) is 5.82 Å². The van der Waals surface area contributed by atoms with Crippen molar-refractivity contribution in [3.05, 3.63) is 28.6 Å². The highest BCUT2D eigenvalue weighted by molar-refractivity contribution is 5.47. The van der Waals surface area contributed by atoms with E-state index in [-0.39, 0.29) is 0 Å². The van der Waals surface area contributed by atoms with Gasteiger partial charge in [0.25, 0.3) is 0 Å². The molecular weight excluding hydrogens is 483 g/mol. The Labute approximate surface area is 151 Å². The number of hydrogen-bond donors (Lipinski definition) is 1. The second kappa shape index (κ2) is 6.66. The Kier molecular flexibility index (Phi) is 5.75. The van der Waals surface area contributed by atoms with Gasteiger partial charge in [0.1, 0.15) is 5.56 Å². The van der Waals surface area contributed by atoms with Gasteiger partial charge in [0, 0.05) is 0 Å². The van der Waals surface area contributed by atoms with Crippen LogP contribution in [0.25, 0.3) is 0 Å². The van der Waals surface area contributed by atoms with E-state index in [4.69, 9.17) is 5.11 Å². The minimum Gasteiger partial charge on any atom is -0.504 e. The van der Waals surface area contributed by atoms with Crippen LogP contribution in [0.3, 0.4) is 0 Å². The van der Waals surface area contributed by atoms with Crippen molar-refractivity contribution in [3.63, 3.8) is 0 Å². The molecule has 30 heavy (non-hydrogen) atoms. The van der Waals surface area contributed by atoms with E-state index in [2.05, 4.69) is 0 Å². The molecule has 0 aromatic heterocycles. The molecule has 0 spiro atoms. The number of phenols is 1. The molecule has 0 unspecified atom stereocenters. The van der Waals surface area contributed by atoms with Crippen LogP contribution in [-0.4, -0.2) is 29.1 Å². The van der Waals surface area contributed by atoms with Gasteiger partial charge >= 0.3 is 36.0 Å². The molecular formula is C12HF17O. The van der Waals surface area contributed by atoms with Gasteiger partial charge in [-0.15, -0.1) is 0 Å². The molecule has 0 aliphatic carbocycles. The van der Waals surface area contributed by atoms with Gasteiger partial charge in [0.15, 0.2) is 17.4 Å². The third-order valence-electron chi connectivity index (χ3n) is 3.44. The zero-order valence-electron chi connectivity index (χ0n) is 12.9. The van der Waals surface area contributed by atoms with Crippen molar-refractivity contribution < 1.29 is 79.7 Å². The summed E-state index contributed by atoms with van der Waals surface area (Å²) in [6.45, 7) is 0. The second-order valence-electron chi connectivity index (χ2n) is 5.33. The van der Waals surface area contributed by atoms with Crippen LogP contribution < -0.4 is 0 Å². The Morgan fingerprint density at radius 2 is 0.867 bits per heavy atom. The first-order valence-electron chi connectivity index (χ1n) is 6.44. The van der Waals surface area contributed by atoms with Gasteiger partial charge in [-0.3, -0.25) is 0 Å². The molecule has 1 nitrogen and oxygen atoms in total. The molecule has 1 N–H and O–H groups in total. The first kappa shape index (κ1) is 25.9. The predicted molar refractivity (Wildman–Crippen MR) is 57.8 cm³/mol. The summed E-state index contributed by atoms with van der Waals surface area (Å²) in [5, 5.41) is 8.74. The molecule has 174 valence electrons. The molecule has 0 radical (unpaired) electrons. The fourth-order valence-electron chi connectivity index (χ4n) is 1.95. The quantitative estimate of drug-likeness (QED) is 0.388. The molecule has 0 atom stereocenters. The Morgan fingerprint density at radius 1 is 0.467 bits per heavy atom. The number of hydrogen-bond acceptors (Lipinski definition) is 1. The van der Waals surface area contributed by atoms with Crippen molar-refractivity contribution in [2.24, 2.45) is 0 Å². The molecule has 0 aliphatic rings. The summed E-state index contributed by atoms with van der Waals surface area (Å²) < 4.78 is 220. The zero-order valence-corrected chi connectivity index (χ0v) is 12.9. The van der Waals surface area contributed by atoms with Crippen LogP contribution in [0.4, 0.5) is 74.6 Å². The first-order chi connectivity index (χ1) is 12.9. The van der Waals surface area contributed by atoms with E-state index >= 15 is 0 Å². The number of alkyl halides is 14. The molecule has 0 amide bonds. The monoisotopic (exact) mass is 484 g/mol. The minimum absolute atomic E-state index is 3.34. The normalized spacial score (nSPS) is 15.0. The Morgan fingerprint density at radius 3 is 1.20 bits per heavy atom. The van der Waals surface area contributed by atoms with Gasteiger partial charge < -0.3 is 5.11 Å². The van der Waals surface area contributed by atoms with Crippen molar-refractivity contribution in [1.29, 1.82) is 0 Å². The number of phenolic OH excluding ortho intramolecular Hbond substituents is 1. The average Bonchev–Trinajstić information content (AvgIpc) is 2.52. The van der Waals surface area contributed by atoms with Crippen LogP contribution in [-0.2, 0) is 12.1 Å². The highest BCUT2D eigenvalue weighted by Crippen LogP contribution is 2.61. The fourth-order valence-corrected chi connectivity index (χ4v) is 1.95. The molecule has 18 heteroatoms. The van der Waals surface area contributed by atoms with Crippen molar-refractivity contribution in [2.45, 2.75) is 36.0 Å². The predicted octanol–water partition coefficient (Wildman–Crippen LogP) is 6.39. The van der Waals surface area contributed by atoms with Gasteiger partial charge in [-0.25, -0.2) is 8.78 Å². The highest BCUT2D eigenvalue weighted by atomic mass is 19.4. The van der Waals surface area contributed by atoms with E-state index in [1.807, 2.05) is 0 Å². The molecule has 1 aromatic carbocycles. The molecule has 0 fully saturated rings. The molecule has 0 saturated heterocycles. The number of halogens is 17. The largest absolute Gasteiger partial charge is 0.504 e. The summed E-state index contributed by atoms with van der Waals surface area (Å²) in [6, 6.07) is 0. The number of rotatable bonds is 4. The fraction of sp³-hybridized carbons (Fsp3) is 0.500. The number of aromatic hydroxyl groups is 1. The topological polar surface area (TPSA) is 20.2 Å². The zero-order chi connectivity index (χ0) is 24.5. The van der Waals surface area contributed by atoms with E-state index in [1.54, 1.807) is 0 Å². The van der Waals surface area contributed by atoms with E-state index in [9.17, 15) is 74.6 Å². The average molecular weight is 484 g/mol. The van der Waals surface area contributed by atoms with E-state index in [0.29, 0.717) is 0 Å². The summed E-state index contributed by atoms with van der Waals surface area (Å²) in [4.78, 5) is 0. The molecule has 0 saturated carbocycles. The van der Waals surface area contributed by atoms with Gasteiger partial charge in [-0.05, 0) is 0 Å². The molecule has 0 heterocycles. The summed E-state index contributed by atoms with van der Waals surface area (Å²) in [5.41, 5.74) is -8.30. The molecule has 1 aromatic rings. The van der Waals surface area contributed by atoms with Crippen LogP contribution >= 0.6 is 0 Å². The van der Waals surface area contributed by atoms with Gasteiger partial charge in [-0.2, -0.15) is 65.9 Å². The molecule has 0 bridgehead atoms. The third-order valence-corrected chi connectivity index (χ3v) is 3.44. The maximum Gasteiger partial charge on any atom is 0.460 e. The second-order valence-corrected chi connectivity index (χ2v) is 5.33. The van der Waals surface area contributed by atoms with Crippen LogP contribution in [0.1, 0.15) is 11.1 Å².